The lowest BCUT2D eigenvalue weighted by atomic mass is 9.86. The molecule has 0 aliphatic carbocycles. The average molecular weight is 267 g/mol. The number of amides is 1. The number of halogens is 1. The van der Waals surface area contributed by atoms with Crippen molar-refractivity contribution >= 4 is 21.8 Å². The molecule has 1 aromatic rings. The zero-order valence-corrected chi connectivity index (χ0v) is 10.1. The standard InChI is InChI=1S/C11H11BrN2O/c1-11(2,6-13)8-4-3-7(10(14)15)5-9(8)12/h3-5H,1-2H3,(H2,14,15). The summed E-state index contributed by atoms with van der Waals surface area (Å²) in [4.78, 5) is 10.9. The number of nitrogens with zero attached hydrogens (tertiary/aromatic N) is 1. The monoisotopic (exact) mass is 266 g/mol. The Hall–Kier alpha value is -1.34. The van der Waals surface area contributed by atoms with Crippen molar-refractivity contribution in [2.75, 3.05) is 0 Å². The molecule has 2 N–H and O–H groups in total. The normalized spacial score (nSPS) is 10.8. The lowest BCUT2D eigenvalue weighted by Crippen LogP contribution is -2.16. The molecule has 0 heterocycles. The van der Waals surface area contributed by atoms with Crippen LogP contribution >= 0.6 is 15.9 Å². The second kappa shape index (κ2) is 4.03. The van der Waals surface area contributed by atoms with E-state index in [1.165, 1.54) is 0 Å². The lowest BCUT2D eigenvalue weighted by molar-refractivity contribution is 0.1000. The van der Waals surface area contributed by atoms with Crippen molar-refractivity contribution in [3.8, 4) is 6.07 Å². The van der Waals surface area contributed by atoms with E-state index in [1.807, 2.05) is 13.8 Å². The van der Waals surface area contributed by atoms with E-state index in [-0.39, 0.29) is 0 Å². The van der Waals surface area contributed by atoms with Gasteiger partial charge >= 0.3 is 0 Å². The summed E-state index contributed by atoms with van der Waals surface area (Å²) in [7, 11) is 0. The third kappa shape index (κ3) is 2.37. The van der Waals surface area contributed by atoms with Crippen LogP contribution in [0.1, 0.15) is 29.8 Å². The second-order valence-corrected chi connectivity index (χ2v) is 4.65. The Morgan fingerprint density at radius 3 is 2.53 bits per heavy atom. The lowest BCUT2D eigenvalue weighted by Gasteiger charge is -2.17. The third-order valence-corrected chi connectivity index (χ3v) is 2.86. The zero-order chi connectivity index (χ0) is 11.6. The van der Waals surface area contributed by atoms with E-state index in [1.54, 1.807) is 18.2 Å². The maximum atomic E-state index is 10.9. The van der Waals surface area contributed by atoms with Gasteiger partial charge in [0.15, 0.2) is 0 Å². The second-order valence-electron chi connectivity index (χ2n) is 3.80. The maximum Gasteiger partial charge on any atom is 0.248 e. The molecule has 0 aromatic heterocycles. The van der Waals surface area contributed by atoms with Crippen LogP contribution < -0.4 is 5.73 Å². The van der Waals surface area contributed by atoms with E-state index >= 15 is 0 Å². The van der Waals surface area contributed by atoms with E-state index in [2.05, 4.69) is 22.0 Å². The number of rotatable bonds is 2. The van der Waals surface area contributed by atoms with Crippen LogP contribution in [0.2, 0.25) is 0 Å². The van der Waals surface area contributed by atoms with Crippen LogP contribution in [0.25, 0.3) is 0 Å². The molecule has 0 atom stereocenters. The predicted octanol–water partition coefficient (Wildman–Crippen LogP) is 2.35. The third-order valence-electron chi connectivity index (χ3n) is 2.21. The quantitative estimate of drug-likeness (QED) is 0.893. The predicted molar refractivity (Wildman–Crippen MR) is 61.3 cm³/mol. The first-order valence-corrected chi connectivity index (χ1v) is 5.19. The Kier molecular flexibility index (Phi) is 3.15. The van der Waals surface area contributed by atoms with Crippen molar-refractivity contribution in [1.82, 2.24) is 0 Å². The van der Waals surface area contributed by atoms with Crippen LogP contribution in [-0.4, -0.2) is 5.91 Å². The Morgan fingerprint density at radius 2 is 2.13 bits per heavy atom. The molecule has 1 rings (SSSR count). The van der Waals surface area contributed by atoms with Gasteiger partial charge in [0.05, 0.1) is 11.5 Å². The molecule has 1 aromatic carbocycles. The molecule has 0 saturated carbocycles. The fourth-order valence-electron chi connectivity index (χ4n) is 1.24. The number of nitriles is 1. The molecule has 0 bridgehead atoms. The van der Waals surface area contributed by atoms with Crippen LogP contribution in [0.4, 0.5) is 0 Å². The largest absolute Gasteiger partial charge is 0.366 e. The first-order chi connectivity index (χ1) is 6.88. The summed E-state index contributed by atoms with van der Waals surface area (Å²) in [6, 6.07) is 7.21. The molecular formula is C11H11BrN2O. The van der Waals surface area contributed by atoms with Gasteiger partial charge in [0, 0.05) is 10.0 Å². The summed E-state index contributed by atoms with van der Waals surface area (Å²) in [6.45, 7) is 3.63. The van der Waals surface area contributed by atoms with Crippen LogP contribution in [0.5, 0.6) is 0 Å². The van der Waals surface area contributed by atoms with Crippen LogP contribution in [-0.2, 0) is 5.41 Å². The van der Waals surface area contributed by atoms with Crippen molar-refractivity contribution in [1.29, 1.82) is 5.26 Å². The molecule has 0 saturated heterocycles. The highest BCUT2D eigenvalue weighted by molar-refractivity contribution is 9.10. The van der Waals surface area contributed by atoms with Crippen molar-refractivity contribution in [2.24, 2.45) is 5.73 Å². The van der Waals surface area contributed by atoms with E-state index < -0.39 is 11.3 Å². The Labute approximate surface area is 97.0 Å². The number of hydrogen-bond donors (Lipinski definition) is 1. The Morgan fingerprint density at radius 1 is 1.53 bits per heavy atom. The van der Waals surface area contributed by atoms with Gasteiger partial charge in [-0.1, -0.05) is 22.0 Å². The topological polar surface area (TPSA) is 66.9 Å². The van der Waals surface area contributed by atoms with Gasteiger partial charge in [-0.3, -0.25) is 4.79 Å². The van der Waals surface area contributed by atoms with Gasteiger partial charge in [-0.05, 0) is 31.5 Å². The molecule has 0 aliphatic rings. The minimum Gasteiger partial charge on any atom is -0.366 e. The van der Waals surface area contributed by atoms with Gasteiger partial charge in [-0.25, -0.2) is 0 Å². The number of carbonyl (C=O) groups is 1. The number of hydrogen-bond acceptors (Lipinski definition) is 2. The minimum absolute atomic E-state index is 0.430. The molecule has 15 heavy (non-hydrogen) atoms. The maximum absolute atomic E-state index is 10.9. The average Bonchev–Trinajstić information content (AvgIpc) is 2.17. The van der Waals surface area contributed by atoms with Crippen molar-refractivity contribution in [3.05, 3.63) is 33.8 Å². The summed E-state index contributed by atoms with van der Waals surface area (Å²) in [5.74, 6) is -0.475. The Bertz CT molecular complexity index is 446. The summed E-state index contributed by atoms with van der Waals surface area (Å²) in [5, 5.41) is 8.99. The molecule has 0 aliphatic heterocycles. The highest BCUT2D eigenvalue weighted by Gasteiger charge is 2.22. The first-order valence-electron chi connectivity index (χ1n) is 4.39. The van der Waals surface area contributed by atoms with E-state index in [0.717, 1.165) is 10.0 Å². The van der Waals surface area contributed by atoms with Gasteiger partial charge < -0.3 is 5.73 Å². The molecule has 78 valence electrons. The number of benzene rings is 1. The van der Waals surface area contributed by atoms with Gasteiger partial charge in [-0.15, -0.1) is 0 Å². The van der Waals surface area contributed by atoms with Gasteiger partial charge in [0.1, 0.15) is 0 Å². The van der Waals surface area contributed by atoms with E-state index in [0.29, 0.717) is 5.56 Å². The SMILES string of the molecule is CC(C)(C#N)c1ccc(C(N)=O)cc1Br. The summed E-state index contributed by atoms with van der Waals surface area (Å²) >= 11 is 3.33. The summed E-state index contributed by atoms with van der Waals surface area (Å²) in [6.07, 6.45) is 0. The smallest absolute Gasteiger partial charge is 0.248 e. The van der Waals surface area contributed by atoms with Gasteiger partial charge in [0.25, 0.3) is 0 Å². The molecule has 1 amide bonds. The van der Waals surface area contributed by atoms with E-state index in [9.17, 15) is 4.79 Å². The van der Waals surface area contributed by atoms with Crippen LogP contribution in [0, 0.1) is 11.3 Å². The fraction of sp³-hybridized carbons (Fsp3) is 0.273. The van der Waals surface area contributed by atoms with Crippen molar-refractivity contribution in [3.63, 3.8) is 0 Å². The highest BCUT2D eigenvalue weighted by atomic mass is 79.9. The molecule has 0 radical (unpaired) electrons. The zero-order valence-electron chi connectivity index (χ0n) is 8.54. The molecule has 0 unspecified atom stereocenters. The summed E-state index contributed by atoms with van der Waals surface area (Å²) in [5.41, 5.74) is 5.83. The van der Waals surface area contributed by atoms with Crippen molar-refractivity contribution < 1.29 is 4.79 Å². The molecular weight excluding hydrogens is 256 g/mol. The Balaban J connectivity index is 3.27. The van der Waals surface area contributed by atoms with Gasteiger partial charge in [-0.2, -0.15) is 5.26 Å². The molecule has 0 fully saturated rings. The van der Waals surface area contributed by atoms with E-state index in [4.69, 9.17) is 11.0 Å². The molecule has 3 nitrogen and oxygen atoms in total. The molecule has 0 spiro atoms. The van der Waals surface area contributed by atoms with Gasteiger partial charge in [0.2, 0.25) is 5.91 Å². The number of nitrogens with two attached hydrogens (primary N) is 1. The first kappa shape index (κ1) is 11.7. The summed E-state index contributed by atoms with van der Waals surface area (Å²) < 4.78 is 0.727. The van der Waals surface area contributed by atoms with Crippen molar-refractivity contribution in [2.45, 2.75) is 19.3 Å². The number of carbonyl (C=O) groups excluding carboxylic acids is 1. The van der Waals surface area contributed by atoms with Crippen LogP contribution in [0.15, 0.2) is 22.7 Å². The van der Waals surface area contributed by atoms with Crippen LogP contribution in [0.3, 0.4) is 0 Å². The minimum atomic E-state index is -0.588. The highest BCUT2D eigenvalue weighted by Crippen LogP contribution is 2.30. The molecule has 4 heteroatoms. The fourth-order valence-corrected chi connectivity index (χ4v) is 2.11. The number of primary amides is 1.